The van der Waals surface area contributed by atoms with Crippen molar-refractivity contribution in [2.24, 2.45) is 5.41 Å². The summed E-state index contributed by atoms with van der Waals surface area (Å²) in [6, 6.07) is 6.21. The van der Waals surface area contributed by atoms with Crippen LogP contribution >= 0.6 is 0 Å². The first-order chi connectivity index (χ1) is 15.8. The maximum Gasteiger partial charge on any atom is 0.317 e. The Balaban J connectivity index is 1.35. The van der Waals surface area contributed by atoms with Gasteiger partial charge in [0.25, 0.3) is 0 Å². The van der Waals surface area contributed by atoms with Crippen molar-refractivity contribution in [1.82, 2.24) is 10.2 Å². The average molecular weight is 460 g/mol. The van der Waals surface area contributed by atoms with Gasteiger partial charge in [0.15, 0.2) is 5.78 Å². The van der Waals surface area contributed by atoms with Crippen LogP contribution in [0.5, 0.6) is 0 Å². The third-order valence-corrected chi connectivity index (χ3v) is 6.83. The number of halogens is 3. The summed E-state index contributed by atoms with van der Waals surface area (Å²) in [5, 5.41) is 11.6. The van der Waals surface area contributed by atoms with Gasteiger partial charge in [-0.05, 0) is 66.8 Å². The monoisotopic (exact) mass is 460 g/mol. The fourth-order valence-corrected chi connectivity index (χ4v) is 4.93. The number of nitrogens with one attached hydrogen (secondary N) is 1. The highest BCUT2D eigenvalue weighted by Crippen LogP contribution is 2.43. The van der Waals surface area contributed by atoms with Gasteiger partial charge in [-0.3, -0.25) is 4.79 Å². The molecule has 4 rings (SSSR count). The fourth-order valence-electron chi connectivity index (χ4n) is 4.93. The van der Waals surface area contributed by atoms with Crippen molar-refractivity contribution in [3.63, 3.8) is 0 Å². The summed E-state index contributed by atoms with van der Waals surface area (Å²) in [5.74, 6) is -1.86. The van der Waals surface area contributed by atoms with E-state index in [2.05, 4.69) is 5.32 Å². The number of nitrogens with zero attached hydrogens (tertiary/aromatic N) is 1. The molecule has 2 aromatic carbocycles. The highest BCUT2D eigenvalue weighted by atomic mass is 19.1. The number of ketones is 1. The summed E-state index contributed by atoms with van der Waals surface area (Å²) >= 11 is 0. The summed E-state index contributed by atoms with van der Waals surface area (Å²) in [6.07, 6.45) is 2.98. The molecule has 0 unspecified atom stereocenters. The maximum absolute atomic E-state index is 14.2. The number of carbonyl (C=O) groups is 2. The van der Waals surface area contributed by atoms with Crippen molar-refractivity contribution < 1.29 is 27.9 Å². The largest absolute Gasteiger partial charge is 0.396 e. The van der Waals surface area contributed by atoms with E-state index in [0.717, 1.165) is 11.6 Å². The summed E-state index contributed by atoms with van der Waals surface area (Å²) in [6.45, 7) is 0.760. The van der Waals surface area contributed by atoms with Crippen LogP contribution in [0.15, 0.2) is 30.3 Å². The van der Waals surface area contributed by atoms with Gasteiger partial charge in [0, 0.05) is 49.9 Å². The van der Waals surface area contributed by atoms with Crippen LogP contribution in [0.1, 0.15) is 52.7 Å². The number of aliphatic hydroxyl groups excluding tert-OH is 1. The van der Waals surface area contributed by atoms with Gasteiger partial charge in [0.05, 0.1) is 0 Å². The number of rotatable bonds is 5. The Morgan fingerprint density at radius 2 is 1.76 bits per heavy atom. The minimum atomic E-state index is -0.728. The number of aryl methyl sites for hydroxylation is 1. The second-order valence-corrected chi connectivity index (χ2v) is 9.09. The second kappa shape index (κ2) is 9.55. The number of hydrogen-bond donors (Lipinski definition) is 2. The van der Waals surface area contributed by atoms with Crippen molar-refractivity contribution in [3.05, 3.63) is 70.0 Å². The molecule has 8 heteroatoms. The molecule has 0 aromatic heterocycles. The molecule has 1 saturated heterocycles. The lowest BCUT2D eigenvalue weighted by atomic mass is 9.66. The summed E-state index contributed by atoms with van der Waals surface area (Å²) < 4.78 is 41.6. The van der Waals surface area contributed by atoms with Crippen LogP contribution in [0.4, 0.5) is 18.0 Å². The molecule has 2 aliphatic rings. The number of piperidine rings is 1. The SMILES string of the molecule is O=C1CC2(CCN(C(=O)NCc3cc(CCCO)c(F)cc3F)CC2)Cc2ccc(F)cc21. The molecule has 176 valence electrons. The molecule has 1 fully saturated rings. The number of fused-ring (bicyclic) bond motifs is 1. The Labute approximate surface area is 190 Å². The summed E-state index contributed by atoms with van der Waals surface area (Å²) in [7, 11) is 0. The lowest BCUT2D eigenvalue weighted by Crippen LogP contribution is -2.49. The molecule has 1 heterocycles. The van der Waals surface area contributed by atoms with E-state index in [1.807, 2.05) is 0 Å². The first kappa shape index (κ1) is 23.3. The first-order valence-electron chi connectivity index (χ1n) is 11.2. The van der Waals surface area contributed by atoms with Gasteiger partial charge in [-0.2, -0.15) is 0 Å². The molecule has 0 radical (unpaired) electrons. The minimum Gasteiger partial charge on any atom is -0.396 e. The van der Waals surface area contributed by atoms with Gasteiger partial charge in [-0.15, -0.1) is 0 Å². The van der Waals surface area contributed by atoms with Gasteiger partial charge in [-0.25, -0.2) is 18.0 Å². The molecule has 0 bridgehead atoms. The zero-order chi connectivity index (χ0) is 23.6. The lowest BCUT2D eigenvalue weighted by Gasteiger charge is -2.44. The van der Waals surface area contributed by atoms with E-state index in [4.69, 9.17) is 5.11 Å². The smallest absolute Gasteiger partial charge is 0.317 e. The second-order valence-electron chi connectivity index (χ2n) is 9.09. The number of urea groups is 1. The van der Waals surface area contributed by atoms with Crippen LogP contribution in [0.2, 0.25) is 0 Å². The van der Waals surface area contributed by atoms with E-state index in [0.29, 0.717) is 56.3 Å². The van der Waals surface area contributed by atoms with E-state index in [1.54, 1.807) is 11.0 Å². The van der Waals surface area contributed by atoms with Crippen LogP contribution in [0.25, 0.3) is 0 Å². The molecule has 1 spiro atoms. The number of hydrogen-bond acceptors (Lipinski definition) is 3. The highest BCUT2D eigenvalue weighted by molar-refractivity contribution is 5.99. The molecule has 0 saturated carbocycles. The average Bonchev–Trinajstić information content (AvgIpc) is 2.79. The highest BCUT2D eigenvalue weighted by Gasteiger charge is 2.41. The third-order valence-electron chi connectivity index (χ3n) is 6.83. The maximum atomic E-state index is 14.2. The Kier molecular flexibility index (Phi) is 6.74. The van der Waals surface area contributed by atoms with E-state index in [1.165, 1.54) is 18.2 Å². The first-order valence-corrected chi connectivity index (χ1v) is 11.2. The van der Waals surface area contributed by atoms with Crippen LogP contribution in [0, 0.1) is 22.9 Å². The Hall–Kier alpha value is -2.87. The van der Waals surface area contributed by atoms with Crippen LogP contribution in [-0.4, -0.2) is 41.5 Å². The quantitative estimate of drug-likeness (QED) is 0.705. The molecule has 0 atom stereocenters. The van der Waals surface area contributed by atoms with Gasteiger partial charge in [0.1, 0.15) is 17.5 Å². The van der Waals surface area contributed by atoms with Crippen LogP contribution in [0.3, 0.4) is 0 Å². The lowest BCUT2D eigenvalue weighted by molar-refractivity contribution is 0.0735. The fraction of sp³-hybridized carbons (Fsp3) is 0.440. The number of amides is 2. The molecule has 2 aromatic rings. The van der Waals surface area contributed by atoms with Crippen molar-refractivity contribution >= 4 is 11.8 Å². The van der Waals surface area contributed by atoms with Gasteiger partial charge < -0.3 is 15.3 Å². The van der Waals surface area contributed by atoms with E-state index < -0.39 is 17.5 Å². The Morgan fingerprint density at radius 3 is 2.48 bits per heavy atom. The molecular formula is C25H27F3N2O3. The predicted octanol–water partition coefficient (Wildman–Crippen LogP) is 4.15. The minimum absolute atomic E-state index is 0.0579. The standard InChI is InChI=1S/C25H27F3N2O3/c26-19-4-3-17-13-25(14-23(32)20(17)11-19)5-7-30(8-6-25)24(33)29-15-18-10-16(2-1-9-31)21(27)12-22(18)28/h3-4,10-12,31H,1-2,5-9,13-15H2,(H,29,33). The van der Waals surface area contributed by atoms with Gasteiger partial charge in [-0.1, -0.05) is 6.07 Å². The third kappa shape index (κ3) is 5.05. The summed E-state index contributed by atoms with van der Waals surface area (Å²) in [5.41, 5.74) is 1.57. The predicted molar refractivity (Wildman–Crippen MR) is 116 cm³/mol. The van der Waals surface area contributed by atoms with Crippen LogP contribution in [-0.2, 0) is 19.4 Å². The number of carbonyl (C=O) groups excluding carboxylic acids is 2. The normalized spacial score (nSPS) is 17.2. The summed E-state index contributed by atoms with van der Waals surface area (Å²) in [4.78, 5) is 26.9. The zero-order valence-electron chi connectivity index (χ0n) is 18.3. The van der Waals surface area contributed by atoms with Crippen molar-refractivity contribution in [3.8, 4) is 0 Å². The number of benzene rings is 2. The van der Waals surface area contributed by atoms with Crippen molar-refractivity contribution in [2.75, 3.05) is 19.7 Å². The van der Waals surface area contributed by atoms with Crippen molar-refractivity contribution in [1.29, 1.82) is 0 Å². The molecule has 1 aliphatic heterocycles. The molecular weight excluding hydrogens is 433 g/mol. The molecule has 1 aliphatic carbocycles. The molecule has 5 nitrogen and oxygen atoms in total. The Bertz CT molecular complexity index is 1070. The number of Topliss-reactive ketones (excluding diaryl/α,β-unsaturated/α-hetero) is 1. The topological polar surface area (TPSA) is 69.6 Å². The zero-order valence-corrected chi connectivity index (χ0v) is 18.3. The van der Waals surface area contributed by atoms with E-state index >= 15 is 0 Å². The van der Waals surface area contributed by atoms with E-state index in [-0.39, 0.29) is 42.4 Å². The van der Waals surface area contributed by atoms with E-state index in [9.17, 15) is 22.8 Å². The van der Waals surface area contributed by atoms with Gasteiger partial charge >= 0.3 is 6.03 Å². The number of aliphatic hydroxyl groups is 1. The molecule has 2 N–H and O–H groups in total. The number of likely N-dealkylation sites (tertiary alicyclic amines) is 1. The van der Waals surface area contributed by atoms with Crippen molar-refractivity contribution in [2.45, 2.75) is 45.1 Å². The molecule has 2 amide bonds. The Morgan fingerprint density at radius 1 is 1.03 bits per heavy atom. The molecule has 33 heavy (non-hydrogen) atoms. The van der Waals surface area contributed by atoms with Gasteiger partial charge in [0.2, 0.25) is 0 Å². The van der Waals surface area contributed by atoms with Crippen LogP contribution < -0.4 is 5.32 Å².